The Balaban J connectivity index is 2.13. The van der Waals surface area contributed by atoms with Crippen molar-refractivity contribution >= 4 is 28.0 Å². The van der Waals surface area contributed by atoms with E-state index in [1.807, 2.05) is 0 Å². The minimum Gasteiger partial charge on any atom is -0.169 e. The van der Waals surface area contributed by atoms with Crippen molar-refractivity contribution in [3.05, 3.63) is 0 Å². The Bertz CT molecular complexity index is 89.6. The highest BCUT2D eigenvalue weighted by Gasteiger charge is 2.21. The molecule has 0 atom stereocenters. The van der Waals surface area contributed by atoms with E-state index in [-0.39, 0.29) is 16.9 Å². The van der Waals surface area contributed by atoms with Crippen LogP contribution in [-0.2, 0) is 0 Å². The van der Waals surface area contributed by atoms with Crippen LogP contribution in [0.4, 0.5) is 0 Å². The van der Waals surface area contributed by atoms with E-state index in [2.05, 4.69) is 6.92 Å². The number of rotatable bonds is 2. The molecule has 0 aliphatic carbocycles. The summed E-state index contributed by atoms with van der Waals surface area (Å²) >= 11 is 6.10. The quantitative estimate of drug-likeness (QED) is 0.464. The molecule has 0 aromatic rings. The van der Waals surface area contributed by atoms with Gasteiger partial charge in [-0.25, -0.2) is 0 Å². The average molecular weight is 191 g/mol. The molecular formula is C7H15ClSi2. The third-order valence-electron chi connectivity index (χ3n) is 2.10. The monoisotopic (exact) mass is 190 g/mol. The van der Waals surface area contributed by atoms with Gasteiger partial charge in [0.15, 0.2) is 8.11 Å². The van der Waals surface area contributed by atoms with E-state index in [0.717, 1.165) is 0 Å². The molecular weight excluding hydrogens is 176 g/mol. The van der Waals surface area contributed by atoms with Crippen molar-refractivity contribution in [2.75, 3.05) is 0 Å². The molecule has 1 heterocycles. The van der Waals surface area contributed by atoms with Gasteiger partial charge in [-0.3, -0.25) is 0 Å². The summed E-state index contributed by atoms with van der Waals surface area (Å²) < 4.78 is 0. The van der Waals surface area contributed by atoms with Crippen molar-refractivity contribution in [3.8, 4) is 0 Å². The summed E-state index contributed by atoms with van der Waals surface area (Å²) in [7, 11) is -0.236. The minimum atomic E-state index is -0.346. The van der Waals surface area contributed by atoms with Crippen molar-refractivity contribution < 1.29 is 0 Å². The van der Waals surface area contributed by atoms with Crippen LogP contribution in [0.2, 0.25) is 30.2 Å². The Hall–Kier alpha value is 0.724. The van der Waals surface area contributed by atoms with Gasteiger partial charge in [-0.1, -0.05) is 31.5 Å². The molecule has 2 radical (unpaired) electrons. The van der Waals surface area contributed by atoms with Gasteiger partial charge in [0.1, 0.15) is 0 Å². The first kappa shape index (κ1) is 8.82. The summed E-state index contributed by atoms with van der Waals surface area (Å²) in [5.74, 6) is 0. The molecule has 0 aromatic heterocycles. The topological polar surface area (TPSA) is 0 Å². The first-order valence-corrected chi connectivity index (χ1v) is 9.21. The summed E-state index contributed by atoms with van der Waals surface area (Å²) in [4.78, 5) is 0. The van der Waals surface area contributed by atoms with Crippen LogP contribution in [0.15, 0.2) is 0 Å². The molecule has 0 bridgehead atoms. The third kappa shape index (κ3) is 2.76. The molecule has 0 amide bonds. The van der Waals surface area contributed by atoms with Gasteiger partial charge in [-0.15, -0.1) is 0 Å². The number of halogens is 1. The van der Waals surface area contributed by atoms with Gasteiger partial charge in [-0.2, -0.15) is 11.1 Å². The lowest BCUT2D eigenvalue weighted by molar-refractivity contribution is 1.03. The molecule has 0 unspecified atom stereocenters. The number of hydrogen-bond acceptors (Lipinski definition) is 0. The van der Waals surface area contributed by atoms with Crippen molar-refractivity contribution in [3.63, 3.8) is 0 Å². The Morgan fingerprint density at radius 3 is 2.30 bits per heavy atom. The maximum Gasteiger partial charge on any atom is 0.164 e. The standard InChI is InChI=1S/C7H15ClSi2/c1-2-3-9-4-6-10(8)7-5-9/h2-7H2,1H3. The van der Waals surface area contributed by atoms with E-state index in [1.54, 1.807) is 0 Å². The zero-order chi connectivity index (χ0) is 7.40. The summed E-state index contributed by atoms with van der Waals surface area (Å²) in [6.45, 7) is 2.30. The van der Waals surface area contributed by atoms with E-state index in [4.69, 9.17) is 11.1 Å². The summed E-state index contributed by atoms with van der Waals surface area (Å²) in [6.07, 6.45) is 1.40. The average Bonchev–Trinajstić information content (AvgIpc) is 1.95. The Kier molecular flexibility index (Phi) is 4.03. The van der Waals surface area contributed by atoms with Crippen LogP contribution < -0.4 is 0 Å². The van der Waals surface area contributed by atoms with Crippen molar-refractivity contribution in [1.82, 2.24) is 0 Å². The van der Waals surface area contributed by atoms with E-state index in [1.165, 1.54) is 36.6 Å². The third-order valence-corrected chi connectivity index (χ3v) is 8.94. The van der Waals surface area contributed by atoms with E-state index < -0.39 is 0 Å². The molecule has 0 nitrogen and oxygen atoms in total. The molecule has 0 N–H and O–H groups in total. The van der Waals surface area contributed by atoms with Crippen LogP contribution in [0, 0.1) is 0 Å². The van der Waals surface area contributed by atoms with Gasteiger partial charge in [0.05, 0.1) is 0 Å². The predicted octanol–water partition coefficient (Wildman–Crippen LogP) is 3.14. The van der Waals surface area contributed by atoms with Crippen LogP contribution in [0.25, 0.3) is 0 Å². The van der Waals surface area contributed by atoms with Crippen molar-refractivity contribution in [2.24, 2.45) is 0 Å². The summed E-state index contributed by atoms with van der Waals surface area (Å²) in [5.41, 5.74) is 0. The van der Waals surface area contributed by atoms with Crippen LogP contribution in [0.1, 0.15) is 13.3 Å². The number of hydrogen-bond donors (Lipinski definition) is 0. The largest absolute Gasteiger partial charge is 0.169 e. The fourth-order valence-corrected chi connectivity index (χ4v) is 9.88. The Morgan fingerprint density at radius 2 is 1.80 bits per heavy atom. The van der Waals surface area contributed by atoms with E-state index >= 15 is 0 Å². The second kappa shape index (κ2) is 4.57. The molecule has 3 heteroatoms. The summed E-state index contributed by atoms with van der Waals surface area (Å²) in [6, 6.07) is 7.39. The van der Waals surface area contributed by atoms with Crippen molar-refractivity contribution in [2.45, 2.75) is 43.6 Å². The maximum absolute atomic E-state index is 6.10. The van der Waals surface area contributed by atoms with E-state index in [0.29, 0.717) is 0 Å². The SMILES string of the molecule is CCC[Si]1CC[Si](Cl)CC1. The van der Waals surface area contributed by atoms with Gasteiger partial charge >= 0.3 is 0 Å². The van der Waals surface area contributed by atoms with Crippen LogP contribution in [0.3, 0.4) is 0 Å². The maximum atomic E-state index is 6.10. The fraction of sp³-hybridized carbons (Fsp3) is 1.00. The molecule has 1 saturated heterocycles. The Labute approximate surface area is 71.9 Å². The van der Waals surface area contributed by atoms with E-state index in [9.17, 15) is 0 Å². The minimum absolute atomic E-state index is 0.109. The highest BCUT2D eigenvalue weighted by Crippen LogP contribution is 2.25. The van der Waals surface area contributed by atoms with Crippen LogP contribution in [-0.4, -0.2) is 16.9 Å². The summed E-state index contributed by atoms with van der Waals surface area (Å²) in [5, 5.41) is 0. The Morgan fingerprint density at radius 1 is 1.20 bits per heavy atom. The van der Waals surface area contributed by atoms with Crippen LogP contribution in [0.5, 0.6) is 0 Å². The molecule has 58 valence electrons. The lowest BCUT2D eigenvalue weighted by atomic mass is 10.6. The molecule has 1 fully saturated rings. The lowest BCUT2D eigenvalue weighted by Crippen LogP contribution is -2.22. The fourth-order valence-electron chi connectivity index (χ4n) is 1.48. The van der Waals surface area contributed by atoms with Crippen LogP contribution >= 0.6 is 11.1 Å². The second-order valence-electron chi connectivity index (χ2n) is 3.02. The lowest BCUT2D eigenvalue weighted by Gasteiger charge is -2.21. The smallest absolute Gasteiger partial charge is 0.164 e. The molecule has 10 heavy (non-hydrogen) atoms. The van der Waals surface area contributed by atoms with Gasteiger partial charge < -0.3 is 0 Å². The molecule has 1 aliphatic heterocycles. The highest BCUT2D eigenvalue weighted by atomic mass is 35.6. The normalized spacial score (nSPS) is 23.4. The predicted molar refractivity (Wildman–Crippen MR) is 51.7 cm³/mol. The van der Waals surface area contributed by atoms with Gasteiger partial charge in [-0.05, 0) is 12.1 Å². The zero-order valence-corrected chi connectivity index (χ0v) is 9.38. The van der Waals surface area contributed by atoms with Gasteiger partial charge in [0.2, 0.25) is 0 Å². The first-order valence-electron chi connectivity index (χ1n) is 4.16. The van der Waals surface area contributed by atoms with Gasteiger partial charge in [0, 0.05) is 8.80 Å². The second-order valence-corrected chi connectivity index (χ2v) is 9.66. The van der Waals surface area contributed by atoms with Gasteiger partial charge in [0.25, 0.3) is 0 Å². The molecule has 0 aromatic carbocycles. The zero-order valence-electron chi connectivity index (χ0n) is 6.62. The molecule has 1 aliphatic rings. The first-order chi connectivity index (χ1) is 4.83. The molecule has 0 spiro atoms. The highest BCUT2D eigenvalue weighted by molar-refractivity contribution is 7.08. The molecule has 1 rings (SSSR count). The van der Waals surface area contributed by atoms with Crippen molar-refractivity contribution in [1.29, 1.82) is 0 Å². The molecule has 0 saturated carbocycles.